The molecule has 1 heterocycles. The number of nitrogens with one attached hydrogen (secondary N) is 1. The van der Waals surface area contributed by atoms with E-state index in [2.05, 4.69) is 31.2 Å². The van der Waals surface area contributed by atoms with Crippen molar-refractivity contribution < 1.29 is 4.74 Å². The summed E-state index contributed by atoms with van der Waals surface area (Å²) in [6.07, 6.45) is 2.29. The van der Waals surface area contributed by atoms with Crippen LogP contribution < -0.4 is 10.1 Å². The van der Waals surface area contributed by atoms with E-state index in [-0.39, 0.29) is 0 Å². The van der Waals surface area contributed by atoms with Crippen LogP contribution in [0.5, 0.6) is 11.6 Å². The molecule has 104 valence electrons. The maximum atomic E-state index is 6.15. The van der Waals surface area contributed by atoms with E-state index in [1.54, 1.807) is 12.1 Å². The molecule has 1 aliphatic carbocycles. The molecule has 4 nitrogen and oxygen atoms in total. The van der Waals surface area contributed by atoms with E-state index < -0.39 is 0 Å². The lowest BCUT2D eigenvalue weighted by Gasteiger charge is -2.10. The summed E-state index contributed by atoms with van der Waals surface area (Å²) in [6.45, 7) is 0. The molecule has 0 spiro atoms. The molecule has 1 N–H and O–H groups in total. The number of benzene rings is 1. The first-order valence-corrected chi connectivity index (χ1v) is 7.52. The third-order valence-corrected chi connectivity index (χ3v) is 3.82. The second kappa shape index (κ2) is 5.58. The number of aromatic nitrogens is 2. The van der Waals surface area contributed by atoms with Crippen molar-refractivity contribution in [1.82, 2.24) is 9.97 Å². The lowest BCUT2D eigenvalue weighted by Crippen LogP contribution is -2.01. The number of ether oxygens (including phenoxy) is 1. The van der Waals surface area contributed by atoms with Gasteiger partial charge in [-0.1, -0.05) is 27.5 Å². The van der Waals surface area contributed by atoms with Gasteiger partial charge < -0.3 is 10.1 Å². The van der Waals surface area contributed by atoms with Gasteiger partial charge in [-0.05, 0) is 31.0 Å². The zero-order chi connectivity index (χ0) is 14.1. The van der Waals surface area contributed by atoms with Gasteiger partial charge in [0.15, 0.2) is 0 Å². The molecule has 0 bridgehead atoms. The largest absolute Gasteiger partial charge is 0.437 e. The average Bonchev–Trinajstić information content (AvgIpc) is 3.26. The van der Waals surface area contributed by atoms with Crippen molar-refractivity contribution in [1.29, 1.82) is 0 Å². The van der Waals surface area contributed by atoms with Crippen molar-refractivity contribution in [2.75, 3.05) is 12.4 Å². The smallest absolute Gasteiger partial charge is 0.224 e. The minimum atomic E-state index is 0.464. The fourth-order valence-electron chi connectivity index (χ4n) is 1.82. The Kier molecular flexibility index (Phi) is 3.81. The third kappa shape index (κ3) is 3.04. The molecule has 6 heteroatoms. The van der Waals surface area contributed by atoms with E-state index in [0.29, 0.717) is 22.6 Å². The first-order valence-electron chi connectivity index (χ1n) is 6.35. The molecule has 0 atom stereocenters. The summed E-state index contributed by atoms with van der Waals surface area (Å²) < 4.78 is 6.69. The topological polar surface area (TPSA) is 47.0 Å². The summed E-state index contributed by atoms with van der Waals surface area (Å²) in [4.78, 5) is 8.91. The van der Waals surface area contributed by atoms with Crippen LogP contribution in [0.25, 0.3) is 0 Å². The number of anilines is 1. The first-order chi connectivity index (χ1) is 9.65. The van der Waals surface area contributed by atoms with Crippen molar-refractivity contribution >= 4 is 33.3 Å². The van der Waals surface area contributed by atoms with Crippen molar-refractivity contribution in [3.63, 3.8) is 0 Å². The van der Waals surface area contributed by atoms with Crippen LogP contribution in [0.4, 0.5) is 5.82 Å². The highest BCUT2D eigenvalue weighted by molar-refractivity contribution is 9.10. The van der Waals surface area contributed by atoms with Crippen LogP contribution in [0.3, 0.4) is 0 Å². The Morgan fingerprint density at radius 2 is 2.10 bits per heavy atom. The quantitative estimate of drug-likeness (QED) is 0.871. The molecule has 1 saturated carbocycles. The summed E-state index contributed by atoms with van der Waals surface area (Å²) in [5.41, 5.74) is 0. The summed E-state index contributed by atoms with van der Waals surface area (Å²) in [5, 5.41) is 3.57. The van der Waals surface area contributed by atoms with Crippen molar-refractivity contribution in [2.24, 2.45) is 0 Å². The molecule has 0 radical (unpaired) electrons. The fraction of sp³-hybridized carbons (Fsp3) is 0.286. The second-order valence-electron chi connectivity index (χ2n) is 4.65. The minimum absolute atomic E-state index is 0.464. The standard InChI is InChI=1S/C14H13BrClN3O/c1-17-12-7-13(19-14(18-12)8-2-3-8)20-11-5-4-9(15)6-10(11)16/h4-8H,2-3H2,1H3,(H,17,18,19). The Labute approximate surface area is 130 Å². The van der Waals surface area contributed by atoms with Gasteiger partial charge in [-0.2, -0.15) is 4.98 Å². The summed E-state index contributed by atoms with van der Waals surface area (Å²) in [7, 11) is 1.83. The molecular weight excluding hydrogens is 342 g/mol. The highest BCUT2D eigenvalue weighted by atomic mass is 79.9. The van der Waals surface area contributed by atoms with E-state index >= 15 is 0 Å². The molecule has 1 fully saturated rings. The van der Waals surface area contributed by atoms with Crippen LogP contribution in [0.2, 0.25) is 5.02 Å². The van der Waals surface area contributed by atoms with Gasteiger partial charge in [0.2, 0.25) is 5.88 Å². The van der Waals surface area contributed by atoms with Gasteiger partial charge in [0.25, 0.3) is 0 Å². The average molecular weight is 355 g/mol. The van der Waals surface area contributed by atoms with Gasteiger partial charge in [0.1, 0.15) is 17.4 Å². The van der Waals surface area contributed by atoms with E-state index in [1.165, 1.54) is 0 Å². The molecule has 0 aliphatic heterocycles. The lowest BCUT2D eigenvalue weighted by atomic mass is 10.3. The highest BCUT2D eigenvalue weighted by Gasteiger charge is 2.27. The molecule has 2 aromatic rings. The molecule has 1 aromatic carbocycles. The normalized spacial score (nSPS) is 14.2. The van der Waals surface area contributed by atoms with Crippen molar-refractivity contribution in [3.8, 4) is 11.6 Å². The highest BCUT2D eigenvalue weighted by Crippen LogP contribution is 2.39. The molecule has 0 saturated heterocycles. The Bertz CT molecular complexity index is 646. The molecule has 1 aromatic heterocycles. The van der Waals surface area contributed by atoms with Crippen molar-refractivity contribution in [3.05, 3.63) is 39.6 Å². The number of nitrogens with zero attached hydrogens (tertiary/aromatic N) is 2. The maximum Gasteiger partial charge on any atom is 0.224 e. The molecular formula is C14H13BrClN3O. The van der Waals surface area contributed by atoms with Gasteiger partial charge in [-0.15, -0.1) is 0 Å². The SMILES string of the molecule is CNc1cc(Oc2ccc(Br)cc2Cl)nc(C2CC2)n1. The second-order valence-corrected chi connectivity index (χ2v) is 5.97. The Hall–Kier alpha value is -1.33. The predicted octanol–water partition coefficient (Wildman–Crippen LogP) is 4.60. The van der Waals surface area contributed by atoms with Crippen LogP contribution in [-0.4, -0.2) is 17.0 Å². The van der Waals surface area contributed by atoms with E-state index in [4.69, 9.17) is 16.3 Å². The van der Waals surface area contributed by atoms with E-state index in [1.807, 2.05) is 19.2 Å². The predicted molar refractivity (Wildman–Crippen MR) is 82.8 cm³/mol. The summed E-state index contributed by atoms with van der Waals surface area (Å²) in [5.74, 6) is 3.14. The molecule has 0 amide bonds. The maximum absolute atomic E-state index is 6.15. The Morgan fingerprint density at radius 1 is 1.30 bits per heavy atom. The summed E-state index contributed by atoms with van der Waals surface area (Å²) >= 11 is 9.52. The van der Waals surface area contributed by atoms with Crippen LogP contribution in [0.15, 0.2) is 28.7 Å². The lowest BCUT2D eigenvalue weighted by molar-refractivity contribution is 0.459. The van der Waals surface area contributed by atoms with Crippen molar-refractivity contribution in [2.45, 2.75) is 18.8 Å². The first kappa shape index (κ1) is 13.6. The zero-order valence-electron chi connectivity index (χ0n) is 10.9. The summed E-state index contributed by atoms with van der Waals surface area (Å²) in [6, 6.07) is 7.25. The minimum Gasteiger partial charge on any atom is -0.437 e. The molecule has 3 rings (SSSR count). The Morgan fingerprint density at radius 3 is 2.75 bits per heavy atom. The number of hydrogen-bond donors (Lipinski definition) is 1. The zero-order valence-corrected chi connectivity index (χ0v) is 13.2. The monoisotopic (exact) mass is 353 g/mol. The van der Waals surface area contributed by atoms with Crippen LogP contribution in [0.1, 0.15) is 24.6 Å². The van der Waals surface area contributed by atoms with Gasteiger partial charge >= 0.3 is 0 Å². The number of rotatable bonds is 4. The van der Waals surface area contributed by atoms with Gasteiger partial charge in [0, 0.05) is 23.5 Å². The molecule has 20 heavy (non-hydrogen) atoms. The third-order valence-electron chi connectivity index (χ3n) is 3.03. The number of hydrogen-bond acceptors (Lipinski definition) is 4. The van der Waals surface area contributed by atoms with Gasteiger partial charge in [-0.3, -0.25) is 0 Å². The Balaban J connectivity index is 1.91. The van der Waals surface area contributed by atoms with Crippen LogP contribution in [-0.2, 0) is 0 Å². The molecule has 0 unspecified atom stereocenters. The van der Waals surface area contributed by atoms with E-state index in [0.717, 1.165) is 29.0 Å². The number of halogens is 2. The molecule has 1 aliphatic rings. The van der Waals surface area contributed by atoms with E-state index in [9.17, 15) is 0 Å². The van der Waals surface area contributed by atoms with Gasteiger partial charge in [-0.25, -0.2) is 4.98 Å². The van der Waals surface area contributed by atoms with Gasteiger partial charge in [0.05, 0.1) is 5.02 Å². The fourth-order valence-corrected chi connectivity index (χ4v) is 2.53. The van der Waals surface area contributed by atoms with Crippen LogP contribution >= 0.6 is 27.5 Å². The van der Waals surface area contributed by atoms with Crippen LogP contribution in [0, 0.1) is 0 Å².